The fourth-order valence-electron chi connectivity index (χ4n) is 3.49. The zero-order chi connectivity index (χ0) is 22.8. The van der Waals surface area contributed by atoms with E-state index >= 15 is 0 Å². The summed E-state index contributed by atoms with van der Waals surface area (Å²) in [5.74, 6) is 0.302. The predicted octanol–water partition coefficient (Wildman–Crippen LogP) is 5.21. The van der Waals surface area contributed by atoms with Gasteiger partial charge in [-0.25, -0.2) is 4.68 Å². The molecule has 0 fully saturated rings. The molecule has 1 N–H and O–H groups in total. The van der Waals surface area contributed by atoms with E-state index in [2.05, 4.69) is 20.8 Å². The lowest BCUT2D eigenvalue weighted by molar-refractivity contribution is 0.102. The maximum Gasteiger partial charge on any atom is 0.278 e. The van der Waals surface area contributed by atoms with Gasteiger partial charge in [-0.2, -0.15) is 5.26 Å². The van der Waals surface area contributed by atoms with Crippen molar-refractivity contribution >= 4 is 34.3 Å². The van der Waals surface area contributed by atoms with Crippen LogP contribution in [0.15, 0.2) is 82.2 Å². The number of nitrogens with zero attached hydrogens (tertiary/aromatic N) is 5. The molecule has 2 aromatic heterocycles. The number of hydrogen-bond donors (Lipinski definition) is 1. The maximum atomic E-state index is 12.8. The Balaban J connectivity index is 1.44. The number of fused-ring (bicyclic) bond motifs is 1. The quantitative estimate of drug-likeness (QED) is 0.288. The van der Waals surface area contributed by atoms with Crippen LogP contribution < -0.4 is 5.32 Å². The Morgan fingerprint density at radius 2 is 1.88 bits per heavy atom. The van der Waals surface area contributed by atoms with Gasteiger partial charge >= 0.3 is 0 Å². The number of anilines is 1. The summed E-state index contributed by atoms with van der Waals surface area (Å²) in [5.41, 5.74) is 3.82. The largest absolute Gasteiger partial charge is 0.355 e. The second-order valence-electron chi connectivity index (χ2n) is 7.19. The molecule has 0 aliphatic carbocycles. The summed E-state index contributed by atoms with van der Waals surface area (Å²) in [6.07, 6.45) is 0. The van der Waals surface area contributed by atoms with E-state index in [1.165, 1.54) is 0 Å². The van der Waals surface area contributed by atoms with Crippen molar-refractivity contribution in [2.75, 3.05) is 5.32 Å². The molecule has 160 valence electrons. The average Bonchev–Trinajstić information content (AvgIpc) is 3.44. The minimum Gasteiger partial charge on any atom is -0.355 e. The summed E-state index contributed by atoms with van der Waals surface area (Å²) in [6, 6.07) is 22.4. The van der Waals surface area contributed by atoms with Gasteiger partial charge in [0.15, 0.2) is 11.5 Å². The number of thioether (sulfide) groups is 1. The molecule has 0 atom stereocenters. The molecule has 0 saturated heterocycles. The second kappa shape index (κ2) is 8.61. The molecule has 0 radical (unpaired) electrons. The van der Waals surface area contributed by atoms with Gasteiger partial charge in [-0.3, -0.25) is 4.79 Å². The van der Waals surface area contributed by atoms with Crippen LogP contribution >= 0.6 is 11.8 Å². The molecule has 0 aliphatic heterocycles. The maximum absolute atomic E-state index is 12.8. The summed E-state index contributed by atoms with van der Waals surface area (Å²) in [5, 5.41) is 26.9. The van der Waals surface area contributed by atoms with Crippen LogP contribution in [0, 0.1) is 17.6 Å². The van der Waals surface area contributed by atoms with E-state index in [0.717, 1.165) is 38.8 Å². The molecule has 9 heteroatoms. The molecule has 0 bridgehead atoms. The fraction of sp³-hybridized carbons (Fsp3) is 0.0417. The number of nitriles is 1. The molecule has 5 rings (SSSR count). The first-order valence-corrected chi connectivity index (χ1v) is 10.8. The zero-order valence-corrected chi connectivity index (χ0v) is 18.2. The Morgan fingerprint density at radius 3 is 2.64 bits per heavy atom. The van der Waals surface area contributed by atoms with E-state index in [0.29, 0.717) is 17.1 Å². The molecular weight excluding hydrogens is 436 g/mol. The monoisotopic (exact) mass is 452 g/mol. The Kier molecular flexibility index (Phi) is 5.34. The number of rotatable bonds is 5. The SMILES string of the molecule is Cc1c(C(=O)Nc2ccc(SC#N)cc2)nnn1-c1ccc2noc(-c3ccccc3)c2c1. The Morgan fingerprint density at radius 1 is 1.09 bits per heavy atom. The van der Waals surface area contributed by atoms with E-state index in [1.807, 2.05) is 53.9 Å². The zero-order valence-electron chi connectivity index (χ0n) is 17.4. The summed E-state index contributed by atoms with van der Waals surface area (Å²) in [4.78, 5) is 13.6. The number of carbonyl (C=O) groups excluding carboxylic acids is 1. The summed E-state index contributed by atoms with van der Waals surface area (Å²) >= 11 is 1.06. The van der Waals surface area contributed by atoms with Crippen LogP contribution in [0.5, 0.6) is 0 Å². The van der Waals surface area contributed by atoms with Gasteiger partial charge in [0.05, 0.1) is 16.8 Å². The first kappa shape index (κ1) is 20.5. The van der Waals surface area contributed by atoms with Gasteiger partial charge in [-0.15, -0.1) is 5.10 Å². The van der Waals surface area contributed by atoms with Crippen molar-refractivity contribution < 1.29 is 9.32 Å². The molecule has 2 heterocycles. The third kappa shape index (κ3) is 3.95. The van der Waals surface area contributed by atoms with Crippen molar-refractivity contribution in [2.24, 2.45) is 0 Å². The standard InChI is InChI=1S/C24H16N6O2S/c1-15-22(24(31)26-17-7-10-19(11-8-17)33-14-25)27-29-30(15)18-9-12-21-20(13-18)23(32-28-21)16-5-3-2-4-6-16/h2-13H,1H3,(H,26,31). The molecular formula is C24H16N6O2S. The van der Waals surface area contributed by atoms with Gasteiger partial charge in [0, 0.05) is 16.1 Å². The molecule has 33 heavy (non-hydrogen) atoms. The molecule has 3 aromatic carbocycles. The number of aromatic nitrogens is 4. The van der Waals surface area contributed by atoms with Crippen molar-refractivity contribution in [3.8, 4) is 22.4 Å². The third-order valence-corrected chi connectivity index (χ3v) is 5.73. The van der Waals surface area contributed by atoms with Crippen LogP contribution in [-0.4, -0.2) is 26.1 Å². The van der Waals surface area contributed by atoms with Crippen LogP contribution in [0.4, 0.5) is 5.69 Å². The fourth-order valence-corrected chi connectivity index (χ4v) is 3.87. The lowest BCUT2D eigenvalue weighted by Crippen LogP contribution is -2.14. The van der Waals surface area contributed by atoms with Gasteiger partial charge in [0.1, 0.15) is 10.9 Å². The summed E-state index contributed by atoms with van der Waals surface area (Å²) in [6.45, 7) is 1.79. The average molecular weight is 452 g/mol. The number of benzene rings is 3. The van der Waals surface area contributed by atoms with E-state index in [1.54, 1.807) is 35.9 Å². The van der Waals surface area contributed by atoms with Crippen LogP contribution in [0.3, 0.4) is 0 Å². The lowest BCUT2D eigenvalue weighted by atomic mass is 10.1. The van der Waals surface area contributed by atoms with Gasteiger partial charge in [-0.1, -0.05) is 40.7 Å². The van der Waals surface area contributed by atoms with Crippen LogP contribution in [0.1, 0.15) is 16.2 Å². The number of nitrogens with one attached hydrogen (secondary N) is 1. The van der Waals surface area contributed by atoms with Crippen molar-refractivity contribution in [1.82, 2.24) is 20.2 Å². The second-order valence-corrected chi connectivity index (χ2v) is 8.04. The highest BCUT2D eigenvalue weighted by molar-refractivity contribution is 8.03. The highest BCUT2D eigenvalue weighted by Gasteiger charge is 2.19. The number of hydrogen-bond acceptors (Lipinski definition) is 7. The smallest absolute Gasteiger partial charge is 0.278 e. The lowest BCUT2D eigenvalue weighted by Gasteiger charge is -2.06. The topological polar surface area (TPSA) is 110 Å². The minimum atomic E-state index is -0.365. The normalized spacial score (nSPS) is 10.8. The summed E-state index contributed by atoms with van der Waals surface area (Å²) < 4.78 is 7.19. The number of carbonyl (C=O) groups is 1. The third-order valence-electron chi connectivity index (χ3n) is 5.13. The predicted molar refractivity (Wildman–Crippen MR) is 125 cm³/mol. The van der Waals surface area contributed by atoms with Crippen molar-refractivity contribution in [2.45, 2.75) is 11.8 Å². The molecule has 0 aliphatic rings. The van der Waals surface area contributed by atoms with E-state index in [-0.39, 0.29) is 11.6 Å². The van der Waals surface area contributed by atoms with Gasteiger partial charge in [-0.05, 0) is 61.2 Å². The molecule has 5 aromatic rings. The number of thiocyanates is 1. The first-order valence-electron chi connectivity index (χ1n) is 9.99. The van der Waals surface area contributed by atoms with E-state index in [9.17, 15) is 4.79 Å². The Bertz CT molecular complexity index is 1500. The van der Waals surface area contributed by atoms with Crippen LogP contribution in [0.2, 0.25) is 0 Å². The van der Waals surface area contributed by atoms with Crippen LogP contribution in [-0.2, 0) is 0 Å². The molecule has 1 amide bonds. The highest BCUT2D eigenvalue weighted by atomic mass is 32.2. The van der Waals surface area contributed by atoms with E-state index in [4.69, 9.17) is 9.78 Å². The molecule has 0 unspecified atom stereocenters. The van der Waals surface area contributed by atoms with Crippen molar-refractivity contribution in [3.63, 3.8) is 0 Å². The van der Waals surface area contributed by atoms with Crippen molar-refractivity contribution in [3.05, 3.63) is 84.2 Å². The Labute approximate surface area is 192 Å². The van der Waals surface area contributed by atoms with Crippen molar-refractivity contribution in [1.29, 1.82) is 5.26 Å². The Hall–Kier alpha value is -4.42. The number of amides is 1. The molecule has 0 saturated carbocycles. The van der Waals surface area contributed by atoms with E-state index < -0.39 is 0 Å². The molecule has 0 spiro atoms. The van der Waals surface area contributed by atoms with Gasteiger partial charge in [0.25, 0.3) is 5.91 Å². The van der Waals surface area contributed by atoms with Gasteiger partial charge in [0.2, 0.25) is 0 Å². The highest BCUT2D eigenvalue weighted by Crippen LogP contribution is 2.30. The first-order chi connectivity index (χ1) is 16.1. The minimum absolute atomic E-state index is 0.221. The van der Waals surface area contributed by atoms with Crippen LogP contribution in [0.25, 0.3) is 27.9 Å². The van der Waals surface area contributed by atoms with Gasteiger partial charge < -0.3 is 9.84 Å². The summed E-state index contributed by atoms with van der Waals surface area (Å²) in [7, 11) is 0. The molecule has 8 nitrogen and oxygen atoms in total.